The highest BCUT2D eigenvalue weighted by molar-refractivity contribution is 5.68. The predicted molar refractivity (Wildman–Crippen MR) is 165 cm³/mol. The van der Waals surface area contributed by atoms with E-state index in [4.69, 9.17) is 31.4 Å². The summed E-state index contributed by atoms with van der Waals surface area (Å²) in [7, 11) is 3.91. The van der Waals surface area contributed by atoms with E-state index in [-0.39, 0.29) is 11.8 Å². The first-order valence-corrected chi connectivity index (χ1v) is 14.9. The van der Waals surface area contributed by atoms with Crippen molar-refractivity contribution in [1.82, 2.24) is 59.0 Å². The summed E-state index contributed by atoms with van der Waals surface area (Å²) in [5, 5.41) is 6.57. The number of aromatic nitrogens is 12. The van der Waals surface area contributed by atoms with Crippen molar-refractivity contribution in [3.63, 3.8) is 0 Å². The molecule has 8 N–H and O–H groups in total. The molecule has 0 atom stereocenters. The number of rotatable bonds is 10. The van der Waals surface area contributed by atoms with Gasteiger partial charge < -0.3 is 41.2 Å². The molecular weight excluding hydrogens is 560 g/mol. The van der Waals surface area contributed by atoms with Gasteiger partial charge in [-0.3, -0.25) is 0 Å². The molecule has 0 radical (unpaired) electrons. The number of fused-ring (bicyclic) bond motifs is 2. The molecule has 0 spiro atoms. The average Bonchev–Trinajstić information content (AvgIpc) is 3.80. The summed E-state index contributed by atoms with van der Waals surface area (Å²) in [6.07, 6.45) is 12.8. The van der Waals surface area contributed by atoms with Crippen molar-refractivity contribution in [3.05, 3.63) is 48.1 Å². The summed E-state index contributed by atoms with van der Waals surface area (Å²) >= 11 is 0. The van der Waals surface area contributed by atoms with Gasteiger partial charge in [-0.2, -0.15) is 9.97 Å². The molecule has 44 heavy (non-hydrogen) atoms. The van der Waals surface area contributed by atoms with Gasteiger partial charge in [-0.15, -0.1) is 0 Å². The number of H-pyrrole nitrogens is 2. The minimum Gasteiger partial charge on any atom is -0.382 e. The third kappa shape index (κ3) is 5.69. The Morgan fingerprint density at radius 3 is 1.50 bits per heavy atom. The molecule has 0 bridgehead atoms. The van der Waals surface area contributed by atoms with Crippen LogP contribution < -0.4 is 22.1 Å². The number of hydrogen-bond donors (Lipinski definition) is 6. The van der Waals surface area contributed by atoms with Gasteiger partial charge in [0, 0.05) is 64.3 Å². The summed E-state index contributed by atoms with van der Waals surface area (Å²) in [5.74, 6) is 5.18. The molecule has 0 unspecified atom stereocenters. The van der Waals surface area contributed by atoms with Crippen molar-refractivity contribution < 1.29 is 0 Å². The van der Waals surface area contributed by atoms with E-state index in [9.17, 15) is 0 Å². The SMILES string of the molecule is Cn1cnc(CCNc2nc(N)c3nc([C@H]4CC[C@H](c5nc6[nH]c(NCCc7cn(C)cn7)nc(N)c-6n5)CC4)nc-3[nH]2)c1. The van der Waals surface area contributed by atoms with E-state index in [2.05, 4.69) is 40.5 Å². The Bertz CT molecular complexity index is 1670. The Hall–Kier alpha value is -5.28. The minimum absolute atomic E-state index is 0.226. The molecule has 228 valence electrons. The number of anilines is 4. The van der Waals surface area contributed by atoms with Crippen LogP contribution in [0, 0.1) is 0 Å². The lowest BCUT2D eigenvalue weighted by atomic mass is 9.81. The van der Waals surface area contributed by atoms with E-state index in [1.54, 1.807) is 12.7 Å². The zero-order chi connectivity index (χ0) is 30.2. The van der Waals surface area contributed by atoms with Crippen molar-refractivity contribution in [2.24, 2.45) is 14.1 Å². The maximum atomic E-state index is 6.27. The van der Waals surface area contributed by atoms with Crippen LogP contribution in [0.4, 0.5) is 23.5 Å². The van der Waals surface area contributed by atoms with Gasteiger partial charge in [0.2, 0.25) is 11.9 Å². The van der Waals surface area contributed by atoms with Gasteiger partial charge in [-0.1, -0.05) is 0 Å². The highest BCUT2D eigenvalue weighted by atomic mass is 15.2. The second-order valence-electron chi connectivity index (χ2n) is 11.5. The van der Waals surface area contributed by atoms with E-state index in [1.165, 1.54) is 0 Å². The van der Waals surface area contributed by atoms with Crippen molar-refractivity contribution in [2.75, 3.05) is 35.2 Å². The number of aromatic amines is 2. The maximum Gasteiger partial charge on any atom is 0.203 e. The van der Waals surface area contributed by atoms with E-state index < -0.39 is 0 Å². The maximum absolute atomic E-state index is 6.27. The summed E-state index contributed by atoms with van der Waals surface area (Å²) < 4.78 is 3.86. The first-order valence-electron chi connectivity index (χ1n) is 14.9. The van der Waals surface area contributed by atoms with Crippen molar-refractivity contribution in [3.8, 4) is 23.0 Å². The highest BCUT2D eigenvalue weighted by Crippen LogP contribution is 2.41. The van der Waals surface area contributed by atoms with Crippen LogP contribution in [0.15, 0.2) is 25.0 Å². The fraction of sp³-hybridized carbons (Fsp3) is 0.429. The zero-order valence-electron chi connectivity index (χ0n) is 24.7. The standard InChI is InChI=1S/C28H36N16/c1-43-11-17(33-13-43)7-9-31-27-37-21(29)19-25(41-27)39-23(35-19)15-3-5-16(6-4-15)24-36-20-22(30)38-28(42-26(20)40-24)32-10-8-18-12-44(2)14-34-18/h11-16H,3-10H2,1-2H3,(H4,29,31,35,37,39,41)(H4,30,32,36,38,40,42)/t15-,16-. The van der Waals surface area contributed by atoms with E-state index >= 15 is 0 Å². The smallest absolute Gasteiger partial charge is 0.203 e. The number of nitrogens with one attached hydrogen (secondary N) is 4. The molecule has 6 heterocycles. The number of imidazole rings is 4. The zero-order valence-corrected chi connectivity index (χ0v) is 24.7. The van der Waals surface area contributed by atoms with Crippen LogP contribution in [0.2, 0.25) is 0 Å². The normalized spacial score (nSPS) is 17.0. The highest BCUT2D eigenvalue weighted by Gasteiger charge is 2.31. The lowest BCUT2D eigenvalue weighted by Gasteiger charge is -2.25. The van der Waals surface area contributed by atoms with Crippen LogP contribution in [0.1, 0.15) is 60.6 Å². The fourth-order valence-electron chi connectivity index (χ4n) is 5.83. The Labute approximate surface area is 253 Å². The van der Waals surface area contributed by atoms with Gasteiger partial charge in [0.25, 0.3) is 0 Å². The number of hydrogen-bond acceptors (Lipinski definition) is 12. The van der Waals surface area contributed by atoms with E-state index in [1.807, 2.05) is 35.6 Å². The quantitative estimate of drug-likeness (QED) is 0.134. The van der Waals surface area contributed by atoms with Gasteiger partial charge in [0.05, 0.1) is 24.0 Å². The van der Waals surface area contributed by atoms with Gasteiger partial charge in [0.15, 0.2) is 34.7 Å². The molecule has 5 aliphatic rings. The fourth-order valence-corrected chi connectivity index (χ4v) is 5.83. The number of nitrogens with zero attached hydrogens (tertiary/aromatic N) is 10. The molecular formula is C28H36N16. The second kappa shape index (κ2) is 11.4. The van der Waals surface area contributed by atoms with Crippen LogP contribution >= 0.6 is 0 Å². The van der Waals surface area contributed by atoms with Gasteiger partial charge in [0.1, 0.15) is 11.6 Å². The number of aryl methyl sites for hydroxylation is 2. The van der Waals surface area contributed by atoms with E-state index in [0.29, 0.717) is 59.7 Å². The first kappa shape index (κ1) is 27.5. The van der Waals surface area contributed by atoms with Gasteiger partial charge in [-0.25, -0.2) is 29.9 Å². The molecule has 0 amide bonds. The lowest BCUT2D eigenvalue weighted by molar-refractivity contribution is 0.378. The molecule has 1 fully saturated rings. The second-order valence-corrected chi connectivity index (χ2v) is 11.5. The van der Waals surface area contributed by atoms with Crippen LogP contribution in [0.3, 0.4) is 0 Å². The molecule has 1 aliphatic carbocycles. The third-order valence-corrected chi connectivity index (χ3v) is 8.10. The Kier molecular flexibility index (Phi) is 7.15. The molecule has 1 saturated carbocycles. The van der Waals surface area contributed by atoms with Gasteiger partial charge >= 0.3 is 0 Å². The predicted octanol–water partition coefficient (Wildman–Crippen LogP) is 2.30. The van der Waals surface area contributed by atoms with Crippen molar-refractivity contribution in [2.45, 2.75) is 50.4 Å². The van der Waals surface area contributed by atoms with E-state index in [0.717, 1.165) is 61.6 Å². The summed E-state index contributed by atoms with van der Waals surface area (Å²) in [5.41, 5.74) is 15.8. The van der Waals surface area contributed by atoms with Crippen LogP contribution in [0.5, 0.6) is 0 Å². The van der Waals surface area contributed by atoms with Crippen molar-refractivity contribution in [1.29, 1.82) is 0 Å². The van der Waals surface area contributed by atoms with Crippen LogP contribution in [-0.2, 0) is 26.9 Å². The van der Waals surface area contributed by atoms with Crippen LogP contribution in [0.25, 0.3) is 23.0 Å². The first-order chi connectivity index (χ1) is 21.4. The molecule has 2 aromatic rings. The molecule has 7 rings (SSSR count). The molecule has 2 aromatic heterocycles. The topological polar surface area (TPSA) is 221 Å². The lowest BCUT2D eigenvalue weighted by Crippen LogP contribution is -2.14. The summed E-state index contributed by atoms with van der Waals surface area (Å²) in [6, 6.07) is 0. The molecule has 0 aromatic carbocycles. The van der Waals surface area contributed by atoms with Crippen molar-refractivity contribution >= 4 is 23.5 Å². The van der Waals surface area contributed by atoms with Gasteiger partial charge in [-0.05, 0) is 25.7 Å². The molecule has 16 heteroatoms. The Balaban J connectivity index is 0.973. The largest absolute Gasteiger partial charge is 0.382 e. The Morgan fingerprint density at radius 2 is 1.11 bits per heavy atom. The Morgan fingerprint density at radius 1 is 0.682 bits per heavy atom. The summed E-state index contributed by atoms with van der Waals surface area (Å²) in [6.45, 7) is 1.33. The van der Waals surface area contributed by atoms with Crippen LogP contribution in [-0.4, -0.2) is 72.1 Å². The monoisotopic (exact) mass is 596 g/mol. The summed E-state index contributed by atoms with van der Waals surface area (Å²) in [4.78, 5) is 43.3. The molecule has 16 nitrogen and oxygen atoms in total. The molecule has 4 aliphatic heterocycles. The minimum atomic E-state index is 0.226. The third-order valence-electron chi connectivity index (χ3n) is 8.10. The molecule has 0 saturated heterocycles. The average molecular weight is 597 g/mol. The number of nitrogens with two attached hydrogens (primary N) is 2. The number of nitrogen functional groups attached to an aromatic ring is 2.